The summed E-state index contributed by atoms with van der Waals surface area (Å²) < 4.78 is 10.8. The SMILES string of the molecule is CCOCCOCc1cccc(CNC(=O)c2n[nH]c(=O)c3ccccc23)c1. The molecule has 0 bridgehead atoms. The number of aromatic nitrogens is 2. The number of H-pyrrole nitrogens is 1. The Hall–Kier alpha value is -3.03. The first-order valence-corrected chi connectivity index (χ1v) is 9.18. The van der Waals surface area contributed by atoms with E-state index in [4.69, 9.17) is 9.47 Å². The number of carbonyl (C=O) groups is 1. The third kappa shape index (κ3) is 5.03. The van der Waals surface area contributed by atoms with Crippen molar-refractivity contribution in [3.63, 3.8) is 0 Å². The van der Waals surface area contributed by atoms with Gasteiger partial charge in [-0.3, -0.25) is 9.59 Å². The smallest absolute Gasteiger partial charge is 0.272 e. The van der Waals surface area contributed by atoms with Crippen LogP contribution in [0.2, 0.25) is 0 Å². The summed E-state index contributed by atoms with van der Waals surface area (Å²) in [6.45, 7) is 4.58. The molecule has 0 unspecified atom stereocenters. The van der Waals surface area contributed by atoms with Gasteiger partial charge in [0.25, 0.3) is 11.5 Å². The first-order chi connectivity index (χ1) is 13.7. The molecule has 7 heteroatoms. The zero-order chi connectivity index (χ0) is 19.8. The summed E-state index contributed by atoms with van der Waals surface area (Å²) in [6.07, 6.45) is 0. The number of amides is 1. The fraction of sp³-hybridized carbons (Fsp3) is 0.286. The fourth-order valence-electron chi connectivity index (χ4n) is 2.84. The van der Waals surface area contributed by atoms with Gasteiger partial charge in [-0.2, -0.15) is 5.10 Å². The van der Waals surface area contributed by atoms with Crippen molar-refractivity contribution in [2.45, 2.75) is 20.1 Å². The summed E-state index contributed by atoms with van der Waals surface area (Å²) in [5.41, 5.74) is 1.86. The summed E-state index contributed by atoms with van der Waals surface area (Å²) in [7, 11) is 0. The minimum Gasteiger partial charge on any atom is -0.379 e. The molecule has 0 aliphatic rings. The number of rotatable bonds is 9. The Morgan fingerprint density at radius 2 is 1.79 bits per heavy atom. The predicted molar refractivity (Wildman–Crippen MR) is 106 cm³/mol. The molecule has 0 fully saturated rings. The maximum Gasteiger partial charge on any atom is 0.272 e. The zero-order valence-electron chi connectivity index (χ0n) is 15.7. The van der Waals surface area contributed by atoms with Crippen LogP contribution >= 0.6 is 0 Å². The van der Waals surface area contributed by atoms with Gasteiger partial charge in [0.05, 0.1) is 25.2 Å². The highest BCUT2D eigenvalue weighted by Crippen LogP contribution is 2.13. The first-order valence-electron chi connectivity index (χ1n) is 9.18. The van der Waals surface area contributed by atoms with E-state index >= 15 is 0 Å². The normalized spacial score (nSPS) is 10.9. The Bertz CT molecular complexity index is 1000. The van der Waals surface area contributed by atoms with Crippen molar-refractivity contribution >= 4 is 16.7 Å². The quantitative estimate of drug-likeness (QED) is 0.555. The van der Waals surface area contributed by atoms with E-state index in [0.717, 1.165) is 11.1 Å². The molecule has 2 N–H and O–H groups in total. The van der Waals surface area contributed by atoms with Crippen LogP contribution in [0.4, 0.5) is 0 Å². The van der Waals surface area contributed by atoms with E-state index in [-0.39, 0.29) is 17.2 Å². The van der Waals surface area contributed by atoms with Crippen LogP contribution in [0.3, 0.4) is 0 Å². The van der Waals surface area contributed by atoms with Gasteiger partial charge in [0, 0.05) is 18.5 Å². The molecule has 146 valence electrons. The van der Waals surface area contributed by atoms with Crippen LogP contribution in [0.25, 0.3) is 10.8 Å². The molecule has 0 aliphatic heterocycles. The molecular weight excluding hydrogens is 358 g/mol. The molecular formula is C21H23N3O4. The molecule has 2 aromatic carbocycles. The standard InChI is InChI=1S/C21H23N3O4/c1-2-27-10-11-28-14-16-7-5-6-15(12-16)13-22-21(26)19-17-8-3-4-9-18(17)20(25)24-23-19/h3-9,12H,2,10-11,13-14H2,1H3,(H,22,26)(H,24,25). The average Bonchev–Trinajstić information content (AvgIpc) is 2.73. The Kier molecular flexibility index (Phi) is 6.89. The topological polar surface area (TPSA) is 93.3 Å². The third-order valence-electron chi connectivity index (χ3n) is 4.20. The highest BCUT2D eigenvalue weighted by molar-refractivity contribution is 6.04. The number of hydrogen-bond acceptors (Lipinski definition) is 5. The van der Waals surface area contributed by atoms with Crippen LogP contribution in [0, 0.1) is 0 Å². The largest absolute Gasteiger partial charge is 0.379 e. The van der Waals surface area contributed by atoms with Crippen molar-refractivity contribution in [1.29, 1.82) is 0 Å². The van der Waals surface area contributed by atoms with E-state index in [1.165, 1.54) is 0 Å². The molecule has 0 saturated carbocycles. The molecule has 1 aromatic heterocycles. The van der Waals surface area contributed by atoms with Crippen molar-refractivity contribution in [3.8, 4) is 0 Å². The summed E-state index contributed by atoms with van der Waals surface area (Å²) in [5.74, 6) is -0.342. The fourth-order valence-corrected chi connectivity index (χ4v) is 2.84. The van der Waals surface area contributed by atoms with E-state index in [9.17, 15) is 9.59 Å². The summed E-state index contributed by atoms with van der Waals surface area (Å²) in [4.78, 5) is 24.4. The zero-order valence-corrected chi connectivity index (χ0v) is 15.7. The first kappa shape index (κ1) is 19.7. The lowest BCUT2D eigenvalue weighted by Crippen LogP contribution is -2.26. The highest BCUT2D eigenvalue weighted by atomic mass is 16.5. The van der Waals surface area contributed by atoms with Gasteiger partial charge in [-0.05, 0) is 24.1 Å². The van der Waals surface area contributed by atoms with Crippen LogP contribution in [0.15, 0.2) is 53.3 Å². The molecule has 1 amide bonds. The molecule has 1 heterocycles. The monoisotopic (exact) mass is 381 g/mol. The Morgan fingerprint density at radius 1 is 1.04 bits per heavy atom. The van der Waals surface area contributed by atoms with Gasteiger partial charge in [0.2, 0.25) is 0 Å². The summed E-state index contributed by atoms with van der Waals surface area (Å²) in [6, 6.07) is 14.7. The summed E-state index contributed by atoms with van der Waals surface area (Å²) in [5, 5.41) is 10.1. The molecule has 3 rings (SSSR count). The van der Waals surface area contributed by atoms with E-state index < -0.39 is 0 Å². The Labute approximate surface area is 162 Å². The van der Waals surface area contributed by atoms with Crippen LogP contribution in [0.5, 0.6) is 0 Å². The van der Waals surface area contributed by atoms with Gasteiger partial charge in [0.15, 0.2) is 5.69 Å². The van der Waals surface area contributed by atoms with Crippen molar-refractivity contribution < 1.29 is 14.3 Å². The second kappa shape index (κ2) is 9.77. The minimum atomic E-state index is -0.342. The van der Waals surface area contributed by atoms with E-state index in [2.05, 4.69) is 15.5 Å². The molecule has 0 atom stereocenters. The third-order valence-corrected chi connectivity index (χ3v) is 4.20. The van der Waals surface area contributed by atoms with Gasteiger partial charge >= 0.3 is 0 Å². The van der Waals surface area contributed by atoms with Gasteiger partial charge < -0.3 is 14.8 Å². The van der Waals surface area contributed by atoms with Crippen molar-refractivity contribution in [1.82, 2.24) is 15.5 Å². The van der Waals surface area contributed by atoms with Gasteiger partial charge in [-0.1, -0.05) is 42.5 Å². The van der Waals surface area contributed by atoms with Gasteiger partial charge in [0.1, 0.15) is 0 Å². The van der Waals surface area contributed by atoms with E-state index in [1.54, 1.807) is 24.3 Å². The molecule has 0 radical (unpaired) electrons. The van der Waals surface area contributed by atoms with Crippen LogP contribution < -0.4 is 10.9 Å². The minimum absolute atomic E-state index is 0.200. The maximum atomic E-state index is 12.6. The van der Waals surface area contributed by atoms with Gasteiger partial charge in [-0.25, -0.2) is 5.10 Å². The molecule has 0 spiro atoms. The average molecular weight is 381 g/mol. The lowest BCUT2D eigenvalue weighted by molar-refractivity contribution is 0.0453. The lowest BCUT2D eigenvalue weighted by Gasteiger charge is -2.09. The predicted octanol–water partition coefficient (Wildman–Crippen LogP) is 2.41. The molecule has 28 heavy (non-hydrogen) atoms. The molecule has 0 saturated heterocycles. The van der Waals surface area contributed by atoms with Crippen LogP contribution in [-0.2, 0) is 22.6 Å². The number of nitrogens with zero attached hydrogens (tertiary/aromatic N) is 1. The van der Waals surface area contributed by atoms with E-state index in [1.807, 2.05) is 31.2 Å². The van der Waals surface area contributed by atoms with Crippen LogP contribution in [0.1, 0.15) is 28.5 Å². The molecule has 7 nitrogen and oxygen atoms in total. The number of benzene rings is 2. The number of fused-ring (bicyclic) bond motifs is 1. The Morgan fingerprint density at radius 3 is 2.61 bits per heavy atom. The summed E-state index contributed by atoms with van der Waals surface area (Å²) >= 11 is 0. The van der Waals surface area contributed by atoms with Crippen molar-refractivity contribution in [2.75, 3.05) is 19.8 Å². The van der Waals surface area contributed by atoms with Crippen molar-refractivity contribution in [2.24, 2.45) is 0 Å². The number of ether oxygens (including phenoxy) is 2. The number of aromatic amines is 1. The van der Waals surface area contributed by atoms with Crippen LogP contribution in [-0.4, -0.2) is 35.9 Å². The number of carbonyl (C=O) groups excluding carboxylic acids is 1. The highest BCUT2D eigenvalue weighted by Gasteiger charge is 2.13. The number of hydrogen-bond donors (Lipinski definition) is 2. The second-order valence-corrected chi connectivity index (χ2v) is 6.20. The maximum absolute atomic E-state index is 12.6. The molecule has 0 aliphatic carbocycles. The van der Waals surface area contributed by atoms with E-state index in [0.29, 0.717) is 43.7 Å². The lowest BCUT2D eigenvalue weighted by atomic mass is 10.1. The van der Waals surface area contributed by atoms with Crippen molar-refractivity contribution in [3.05, 3.63) is 75.7 Å². The second-order valence-electron chi connectivity index (χ2n) is 6.20. The number of nitrogens with one attached hydrogen (secondary N) is 2. The molecule has 3 aromatic rings. The van der Waals surface area contributed by atoms with Gasteiger partial charge in [-0.15, -0.1) is 0 Å². The Balaban J connectivity index is 1.62.